The lowest BCUT2D eigenvalue weighted by atomic mass is 10.1. The molecule has 0 aromatic heterocycles. The number of hydrogen-bond donors (Lipinski definition) is 2. The molecule has 0 bridgehead atoms. The van der Waals surface area contributed by atoms with Gasteiger partial charge in [-0.2, -0.15) is 5.26 Å². The Balaban J connectivity index is 2.55. The van der Waals surface area contributed by atoms with E-state index in [1.807, 2.05) is 19.1 Å². The first-order valence-corrected chi connectivity index (χ1v) is 5.59. The Hall–Kier alpha value is -1.57. The third-order valence-corrected chi connectivity index (χ3v) is 2.53. The van der Waals surface area contributed by atoms with Crippen LogP contribution in [0.4, 0.5) is 5.69 Å². The van der Waals surface area contributed by atoms with Gasteiger partial charge in [-0.05, 0) is 25.0 Å². The number of para-hydroxylation sites is 1. The highest BCUT2D eigenvalue weighted by molar-refractivity contribution is 5.62. The minimum Gasteiger partial charge on any atom is -0.391 e. The van der Waals surface area contributed by atoms with Crippen LogP contribution in [-0.2, 0) is 4.74 Å². The number of ether oxygens (including phenoxy) is 1. The van der Waals surface area contributed by atoms with Crippen LogP contribution in [0, 0.1) is 18.3 Å². The molecule has 1 unspecified atom stereocenters. The Morgan fingerprint density at radius 3 is 2.94 bits per heavy atom. The Morgan fingerprint density at radius 1 is 1.53 bits per heavy atom. The van der Waals surface area contributed by atoms with Crippen molar-refractivity contribution in [1.82, 2.24) is 0 Å². The Kier molecular flexibility index (Phi) is 5.47. The van der Waals surface area contributed by atoms with E-state index < -0.39 is 6.10 Å². The van der Waals surface area contributed by atoms with E-state index in [1.54, 1.807) is 13.2 Å². The number of aliphatic hydroxyl groups excluding tert-OH is 1. The van der Waals surface area contributed by atoms with Crippen molar-refractivity contribution >= 4 is 5.69 Å². The highest BCUT2D eigenvalue weighted by atomic mass is 16.5. The molecule has 0 heterocycles. The van der Waals surface area contributed by atoms with Gasteiger partial charge in [-0.25, -0.2) is 0 Å². The summed E-state index contributed by atoms with van der Waals surface area (Å²) < 4.78 is 4.84. The smallest absolute Gasteiger partial charge is 0.101 e. The number of aliphatic hydroxyl groups is 1. The minimum atomic E-state index is -0.470. The number of anilines is 1. The van der Waals surface area contributed by atoms with Crippen LogP contribution in [-0.4, -0.2) is 31.5 Å². The van der Waals surface area contributed by atoms with E-state index in [4.69, 9.17) is 10.00 Å². The molecule has 0 aliphatic heterocycles. The maximum absolute atomic E-state index is 9.49. The normalized spacial score (nSPS) is 11.9. The molecule has 0 saturated carbocycles. The zero-order chi connectivity index (χ0) is 12.7. The van der Waals surface area contributed by atoms with Gasteiger partial charge in [0.25, 0.3) is 0 Å². The van der Waals surface area contributed by atoms with Gasteiger partial charge < -0.3 is 15.2 Å². The van der Waals surface area contributed by atoms with Gasteiger partial charge in [0.05, 0.1) is 24.0 Å². The van der Waals surface area contributed by atoms with Crippen molar-refractivity contribution in [3.05, 3.63) is 29.3 Å². The Morgan fingerprint density at radius 2 is 2.29 bits per heavy atom. The van der Waals surface area contributed by atoms with Crippen molar-refractivity contribution in [2.45, 2.75) is 19.4 Å². The summed E-state index contributed by atoms with van der Waals surface area (Å²) in [6, 6.07) is 7.74. The molecule has 1 rings (SSSR count). The number of aryl methyl sites for hydroxylation is 1. The topological polar surface area (TPSA) is 65.3 Å². The highest BCUT2D eigenvalue weighted by Gasteiger charge is 2.06. The fourth-order valence-corrected chi connectivity index (χ4v) is 1.64. The van der Waals surface area contributed by atoms with Gasteiger partial charge in [0.15, 0.2) is 0 Å². The molecule has 2 N–H and O–H groups in total. The summed E-state index contributed by atoms with van der Waals surface area (Å²) in [4.78, 5) is 0. The Bertz CT molecular complexity index is 399. The van der Waals surface area contributed by atoms with Gasteiger partial charge in [-0.1, -0.05) is 12.1 Å². The van der Waals surface area contributed by atoms with Crippen molar-refractivity contribution < 1.29 is 9.84 Å². The number of rotatable bonds is 6. The molecule has 0 fully saturated rings. The lowest BCUT2D eigenvalue weighted by molar-refractivity contribution is 0.0615. The number of nitriles is 1. The molecule has 4 nitrogen and oxygen atoms in total. The quantitative estimate of drug-likeness (QED) is 0.786. The molecule has 1 aromatic rings. The second-order valence-electron chi connectivity index (χ2n) is 3.93. The lowest BCUT2D eigenvalue weighted by Crippen LogP contribution is -2.18. The first-order valence-electron chi connectivity index (χ1n) is 5.59. The summed E-state index contributed by atoms with van der Waals surface area (Å²) in [5.74, 6) is 0. The maximum atomic E-state index is 9.49. The standard InChI is InChI=1S/C13H18N2O2/c1-10-4-3-5-11(8-14)13(10)15-7-6-12(16)9-17-2/h3-5,12,15-16H,6-7,9H2,1-2H3. The number of hydrogen-bond acceptors (Lipinski definition) is 4. The molecule has 0 aliphatic rings. The van der Waals surface area contributed by atoms with Gasteiger partial charge in [0.1, 0.15) is 6.07 Å². The molecule has 92 valence electrons. The zero-order valence-corrected chi connectivity index (χ0v) is 10.2. The first-order chi connectivity index (χ1) is 8.19. The molecule has 1 atom stereocenters. The van der Waals surface area contributed by atoms with Gasteiger partial charge >= 0.3 is 0 Å². The minimum absolute atomic E-state index is 0.334. The second kappa shape index (κ2) is 6.89. The molecule has 0 aliphatic carbocycles. The van der Waals surface area contributed by atoms with Gasteiger partial charge in [0, 0.05) is 13.7 Å². The summed E-state index contributed by atoms with van der Waals surface area (Å²) >= 11 is 0. The highest BCUT2D eigenvalue weighted by Crippen LogP contribution is 2.19. The van der Waals surface area contributed by atoms with Crippen molar-refractivity contribution in [2.75, 3.05) is 25.6 Å². The first kappa shape index (κ1) is 13.5. The summed E-state index contributed by atoms with van der Waals surface area (Å²) in [6.07, 6.45) is 0.120. The monoisotopic (exact) mass is 234 g/mol. The van der Waals surface area contributed by atoms with Crippen molar-refractivity contribution in [3.8, 4) is 6.07 Å². The van der Waals surface area contributed by atoms with Crippen LogP contribution in [0.3, 0.4) is 0 Å². The summed E-state index contributed by atoms with van der Waals surface area (Å²) in [5.41, 5.74) is 2.51. The van der Waals surface area contributed by atoms with Crippen LogP contribution >= 0.6 is 0 Å². The third kappa shape index (κ3) is 4.06. The predicted molar refractivity (Wildman–Crippen MR) is 66.9 cm³/mol. The van der Waals surface area contributed by atoms with E-state index in [-0.39, 0.29) is 0 Å². The summed E-state index contributed by atoms with van der Waals surface area (Å²) in [6.45, 7) is 2.90. The molecule has 0 saturated heterocycles. The van der Waals surface area contributed by atoms with E-state index >= 15 is 0 Å². The number of benzene rings is 1. The van der Waals surface area contributed by atoms with Crippen molar-refractivity contribution in [3.63, 3.8) is 0 Å². The van der Waals surface area contributed by atoms with Gasteiger partial charge in [-0.15, -0.1) is 0 Å². The fourth-order valence-electron chi connectivity index (χ4n) is 1.64. The summed E-state index contributed by atoms with van der Waals surface area (Å²) in [7, 11) is 1.56. The van der Waals surface area contributed by atoms with Crippen molar-refractivity contribution in [2.24, 2.45) is 0 Å². The maximum Gasteiger partial charge on any atom is 0.101 e. The van der Waals surface area contributed by atoms with Crippen LogP contribution in [0.2, 0.25) is 0 Å². The largest absolute Gasteiger partial charge is 0.391 e. The third-order valence-electron chi connectivity index (χ3n) is 2.53. The SMILES string of the molecule is COCC(O)CCNc1c(C)cccc1C#N. The van der Waals surface area contributed by atoms with Gasteiger partial charge in [-0.3, -0.25) is 0 Å². The molecule has 0 amide bonds. The second-order valence-corrected chi connectivity index (χ2v) is 3.93. The van der Waals surface area contributed by atoms with E-state index in [0.29, 0.717) is 25.1 Å². The zero-order valence-electron chi connectivity index (χ0n) is 10.2. The lowest BCUT2D eigenvalue weighted by Gasteiger charge is -2.13. The van der Waals surface area contributed by atoms with Crippen LogP contribution < -0.4 is 5.32 Å². The molecule has 4 heteroatoms. The predicted octanol–water partition coefficient (Wildman–Crippen LogP) is 1.68. The van der Waals surface area contributed by atoms with E-state index in [2.05, 4.69) is 11.4 Å². The molecule has 1 aromatic carbocycles. The number of nitrogens with one attached hydrogen (secondary N) is 1. The fraction of sp³-hybridized carbons (Fsp3) is 0.462. The average molecular weight is 234 g/mol. The van der Waals surface area contributed by atoms with Crippen LogP contribution in [0.25, 0.3) is 0 Å². The van der Waals surface area contributed by atoms with E-state index in [9.17, 15) is 5.11 Å². The van der Waals surface area contributed by atoms with Crippen molar-refractivity contribution in [1.29, 1.82) is 5.26 Å². The van der Waals surface area contributed by atoms with E-state index in [0.717, 1.165) is 11.3 Å². The van der Waals surface area contributed by atoms with E-state index in [1.165, 1.54) is 0 Å². The Labute approximate surface area is 102 Å². The number of nitrogens with zero attached hydrogens (tertiary/aromatic N) is 1. The average Bonchev–Trinajstić information content (AvgIpc) is 2.31. The molecule has 17 heavy (non-hydrogen) atoms. The number of methoxy groups -OCH3 is 1. The van der Waals surface area contributed by atoms with Crippen LogP contribution in [0.15, 0.2) is 18.2 Å². The molecule has 0 spiro atoms. The summed E-state index contributed by atoms with van der Waals surface area (Å²) in [5, 5.41) is 21.7. The molecular weight excluding hydrogens is 216 g/mol. The van der Waals surface area contributed by atoms with Crippen LogP contribution in [0.5, 0.6) is 0 Å². The molecule has 0 radical (unpaired) electrons. The van der Waals surface area contributed by atoms with Gasteiger partial charge in [0.2, 0.25) is 0 Å². The molecular formula is C13H18N2O2. The van der Waals surface area contributed by atoms with Crippen LogP contribution in [0.1, 0.15) is 17.5 Å².